The molecule has 0 aliphatic carbocycles. The van der Waals surface area contributed by atoms with Crippen molar-refractivity contribution in [1.82, 2.24) is 15.2 Å². The third kappa shape index (κ3) is 5.14. The van der Waals surface area contributed by atoms with Crippen LogP contribution in [-0.2, 0) is 0 Å². The Balaban J connectivity index is 1.90. The maximum Gasteiger partial charge on any atom is 0.240 e. The van der Waals surface area contributed by atoms with Crippen molar-refractivity contribution >= 4 is 29.6 Å². The van der Waals surface area contributed by atoms with E-state index in [1.54, 1.807) is 6.21 Å². The zero-order valence-corrected chi connectivity index (χ0v) is 14.3. The van der Waals surface area contributed by atoms with Gasteiger partial charge in [-0.15, -0.1) is 11.7 Å². The van der Waals surface area contributed by atoms with E-state index in [2.05, 4.69) is 63.2 Å². The van der Waals surface area contributed by atoms with Crippen molar-refractivity contribution in [2.24, 2.45) is 5.10 Å². The lowest BCUT2D eigenvalue weighted by atomic mass is 10.2. The minimum absolute atomic E-state index is 0.521. The van der Waals surface area contributed by atoms with Crippen LogP contribution in [0.1, 0.15) is 19.4 Å². The molecule has 122 valence electrons. The van der Waals surface area contributed by atoms with Crippen molar-refractivity contribution in [2.45, 2.75) is 19.0 Å². The Morgan fingerprint density at radius 2 is 2.04 bits per heavy atom. The van der Waals surface area contributed by atoms with E-state index in [0.717, 1.165) is 24.4 Å². The lowest BCUT2D eigenvalue weighted by molar-refractivity contribution is 0.866. The van der Waals surface area contributed by atoms with Gasteiger partial charge in [-0.1, -0.05) is 30.0 Å². The standard InChI is InChI=1S/C16H22N6S/c1-4-11-23-16-18-15(20-21-16)19-17-12-13-7-9-14(10-8-13)22(5-2)6-3/h4,7-10,12H,1,5-6,11H2,2-3H3,(H2,18,19,20,21)/b17-12-. The van der Waals surface area contributed by atoms with Gasteiger partial charge in [-0.05, 0) is 31.5 Å². The summed E-state index contributed by atoms with van der Waals surface area (Å²) in [6.45, 7) is 9.98. The number of rotatable bonds is 9. The summed E-state index contributed by atoms with van der Waals surface area (Å²) >= 11 is 1.51. The van der Waals surface area contributed by atoms with Crippen molar-refractivity contribution in [3.05, 3.63) is 42.5 Å². The molecule has 0 saturated heterocycles. The topological polar surface area (TPSA) is 69.2 Å². The van der Waals surface area contributed by atoms with Crippen LogP contribution in [0.4, 0.5) is 11.6 Å². The number of H-pyrrole nitrogens is 1. The van der Waals surface area contributed by atoms with Gasteiger partial charge in [0.15, 0.2) is 0 Å². The maximum absolute atomic E-state index is 4.26. The van der Waals surface area contributed by atoms with Crippen molar-refractivity contribution in [1.29, 1.82) is 0 Å². The SMILES string of the molecule is C=CCSc1n[nH]c(N/N=C\c2ccc(N(CC)CC)cc2)n1. The van der Waals surface area contributed by atoms with Gasteiger partial charge in [-0.25, -0.2) is 10.5 Å². The van der Waals surface area contributed by atoms with E-state index in [4.69, 9.17) is 0 Å². The highest BCUT2D eigenvalue weighted by Gasteiger charge is 2.02. The Morgan fingerprint density at radius 1 is 1.30 bits per heavy atom. The summed E-state index contributed by atoms with van der Waals surface area (Å²) in [7, 11) is 0. The minimum Gasteiger partial charge on any atom is -0.372 e. The molecule has 0 radical (unpaired) electrons. The second-order valence-electron chi connectivity index (χ2n) is 4.70. The van der Waals surface area contributed by atoms with E-state index >= 15 is 0 Å². The molecule has 2 aromatic rings. The second-order valence-corrected chi connectivity index (χ2v) is 5.69. The molecule has 1 aromatic carbocycles. The molecule has 23 heavy (non-hydrogen) atoms. The molecule has 0 atom stereocenters. The number of aromatic amines is 1. The molecular weight excluding hydrogens is 308 g/mol. The number of thioether (sulfide) groups is 1. The molecule has 2 N–H and O–H groups in total. The molecule has 2 rings (SSSR count). The first kappa shape index (κ1) is 17.1. The Morgan fingerprint density at radius 3 is 2.70 bits per heavy atom. The number of nitrogens with zero attached hydrogens (tertiary/aromatic N) is 4. The molecule has 0 fully saturated rings. The number of anilines is 2. The first-order valence-electron chi connectivity index (χ1n) is 7.57. The Hall–Kier alpha value is -2.28. The maximum atomic E-state index is 4.26. The van der Waals surface area contributed by atoms with E-state index in [0.29, 0.717) is 11.1 Å². The van der Waals surface area contributed by atoms with Crippen LogP contribution in [0.15, 0.2) is 47.2 Å². The van der Waals surface area contributed by atoms with E-state index in [9.17, 15) is 0 Å². The van der Waals surface area contributed by atoms with E-state index in [-0.39, 0.29) is 0 Å². The average molecular weight is 330 g/mol. The first-order valence-corrected chi connectivity index (χ1v) is 8.55. The van der Waals surface area contributed by atoms with Crippen LogP contribution >= 0.6 is 11.8 Å². The lowest BCUT2D eigenvalue weighted by Crippen LogP contribution is -2.21. The third-order valence-corrected chi connectivity index (χ3v) is 4.04. The second kappa shape index (κ2) is 8.99. The third-order valence-electron chi connectivity index (χ3n) is 3.20. The highest BCUT2D eigenvalue weighted by molar-refractivity contribution is 7.99. The number of hydrogen-bond acceptors (Lipinski definition) is 6. The molecule has 7 heteroatoms. The molecule has 0 bridgehead atoms. The van der Waals surface area contributed by atoms with Crippen LogP contribution in [0.2, 0.25) is 0 Å². The summed E-state index contributed by atoms with van der Waals surface area (Å²) in [5.74, 6) is 1.30. The summed E-state index contributed by atoms with van der Waals surface area (Å²) in [5.41, 5.74) is 5.08. The van der Waals surface area contributed by atoms with Crippen LogP contribution in [0.3, 0.4) is 0 Å². The lowest BCUT2D eigenvalue weighted by Gasteiger charge is -2.20. The molecule has 1 aromatic heterocycles. The summed E-state index contributed by atoms with van der Waals surface area (Å²) in [6, 6.07) is 8.30. The van der Waals surface area contributed by atoms with Gasteiger partial charge in [0.25, 0.3) is 0 Å². The van der Waals surface area contributed by atoms with E-state index in [1.165, 1.54) is 17.4 Å². The molecule has 0 amide bonds. The fourth-order valence-electron chi connectivity index (χ4n) is 2.02. The zero-order chi connectivity index (χ0) is 16.5. The largest absolute Gasteiger partial charge is 0.372 e. The summed E-state index contributed by atoms with van der Waals surface area (Å²) in [6.07, 6.45) is 3.57. The fourth-order valence-corrected chi connectivity index (χ4v) is 2.56. The molecule has 0 unspecified atom stereocenters. The predicted octanol–water partition coefficient (Wildman–Crippen LogP) is 3.38. The number of nitrogens with one attached hydrogen (secondary N) is 2. The monoisotopic (exact) mass is 330 g/mol. The van der Waals surface area contributed by atoms with Crippen LogP contribution in [0.5, 0.6) is 0 Å². The van der Waals surface area contributed by atoms with Gasteiger partial charge in [0, 0.05) is 24.5 Å². The molecule has 0 aliphatic heterocycles. The fraction of sp³-hybridized carbons (Fsp3) is 0.312. The van der Waals surface area contributed by atoms with Gasteiger partial charge < -0.3 is 4.90 Å². The van der Waals surface area contributed by atoms with Gasteiger partial charge >= 0.3 is 0 Å². The normalized spacial score (nSPS) is 10.9. The smallest absolute Gasteiger partial charge is 0.240 e. The first-order chi connectivity index (χ1) is 11.3. The molecule has 1 heterocycles. The highest BCUT2D eigenvalue weighted by Crippen LogP contribution is 2.15. The Labute approximate surface area is 141 Å². The number of aromatic nitrogens is 3. The molecule has 0 saturated carbocycles. The highest BCUT2D eigenvalue weighted by atomic mass is 32.2. The van der Waals surface area contributed by atoms with Crippen LogP contribution in [0, 0.1) is 0 Å². The van der Waals surface area contributed by atoms with E-state index < -0.39 is 0 Å². The zero-order valence-electron chi connectivity index (χ0n) is 13.5. The van der Waals surface area contributed by atoms with Crippen LogP contribution < -0.4 is 10.3 Å². The van der Waals surface area contributed by atoms with Crippen molar-refractivity contribution in [3.8, 4) is 0 Å². The van der Waals surface area contributed by atoms with Gasteiger partial charge in [0.1, 0.15) is 0 Å². The number of hydrazone groups is 1. The molecule has 0 spiro atoms. The quantitative estimate of drug-likeness (QED) is 0.319. The van der Waals surface area contributed by atoms with Crippen molar-refractivity contribution in [3.63, 3.8) is 0 Å². The summed E-state index contributed by atoms with van der Waals surface area (Å²) in [5, 5.41) is 11.7. The average Bonchev–Trinajstić information content (AvgIpc) is 3.03. The van der Waals surface area contributed by atoms with Crippen molar-refractivity contribution in [2.75, 3.05) is 29.2 Å². The van der Waals surface area contributed by atoms with E-state index in [1.807, 2.05) is 18.2 Å². The number of hydrogen-bond donors (Lipinski definition) is 2. The number of benzene rings is 1. The van der Waals surface area contributed by atoms with Gasteiger partial charge in [0.05, 0.1) is 6.21 Å². The van der Waals surface area contributed by atoms with Gasteiger partial charge in [0.2, 0.25) is 11.1 Å². The summed E-state index contributed by atoms with van der Waals surface area (Å²) < 4.78 is 0. The van der Waals surface area contributed by atoms with Crippen LogP contribution in [-0.4, -0.2) is 40.2 Å². The Bertz CT molecular complexity index is 630. The van der Waals surface area contributed by atoms with Gasteiger partial charge in [-0.2, -0.15) is 10.1 Å². The Kier molecular flexibility index (Phi) is 6.68. The summed E-state index contributed by atoms with van der Waals surface area (Å²) in [4.78, 5) is 6.56. The predicted molar refractivity (Wildman–Crippen MR) is 98.5 cm³/mol. The van der Waals surface area contributed by atoms with Gasteiger partial charge in [-0.3, -0.25) is 0 Å². The molecular formula is C16H22N6S. The minimum atomic E-state index is 0.521. The molecule has 0 aliphatic rings. The molecule has 6 nitrogen and oxygen atoms in total. The van der Waals surface area contributed by atoms with Crippen molar-refractivity contribution < 1.29 is 0 Å². The van der Waals surface area contributed by atoms with Crippen LogP contribution in [0.25, 0.3) is 0 Å².